The quantitative estimate of drug-likeness (QED) is 0.299. The second-order valence-electron chi connectivity index (χ2n) is 7.51. The van der Waals surface area contributed by atoms with Crippen LogP contribution >= 0.6 is 0 Å². The van der Waals surface area contributed by atoms with E-state index in [1.807, 2.05) is 73.7 Å². The maximum atomic E-state index is 11.9. The van der Waals surface area contributed by atoms with Crippen molar-refractivity contribution in [3.63, 3.8) is 0 Å². The van der Waals surface area contributed by atoms with Gasteiger partial charge in [-0.1, -0.05) is 60.2 Å². The number of nitrogens with one attached hydrogen (secondary N) is 2. The number of ether oxygens (including phenoxy) is 1. The molecule has 0 unspecified atom stereocenters. The van der Waals surface area contributed by atoms with Gasteiger partial charge in [0.2, 0.25) is 0 Å². The molecule has 0 radical (unpaired) electrons. The Kier molecular flexibility index (Phi) is 6.78. The number of benzene rings is 4. The molecule has 0 saturated heterocycles. The highest BCUT2D eigenvalue weighted by atomic mass is 16.5. The Balaban J connectivity index is 1.25. The minimum absolute atomic E-state index is 0.154. The van der Waals surface area contributed by atoms with E-state index in [0.29, 0.717) is 6.61 Å². The lowest BCUT2D eigenvalue weighted by atomic mass is 10.1. The first-order chi connectivity index (χ1) is 15.7. The molecule has 4 rings (SSSR count). The molecule has 0 heterocycles. The van der Waals surface area contributed by atoms with E-state index in [9.17, 15) is 4.79 Å². The minimum Gasteiger partial charge on any atom is -0.489 e. The van der Waals surface area contributed by atoms with Crippen molar-refractivity contribution >= 4 is 28.6 Å². The van der Waals surface area contributed by atoms with Crippen LogP contribution in [0.2, 0.25) is 0 Å². The summed E-state index contributed by atoms with van der Waals surface area (Å²) in [7, 11) is 0. The number of hydrogen-bond donors (Lipinski definition) is 2. The van der Waals surface area contributed by atoms with Crippen molar-refractivity contribution in [3.8, 4) is 5.75 Å². The first-order valence-electron chi connectivity index (χ1n) is 10.5. The van der Waals surface area contributed by atoms with Crippen LogP contribution in [-0.2, 0) is 11.4 Å². The SMILES string of the molecule is Cc1ccc(NCC(=O)N/N=C\c2ccc(OCc3cccc4ccccc34)cc2)cc1. The topological polar surface area (TPSA) is 62.7 Å². The van der Waals surface area contributed by atoms with E-state index < -0.39 is 0 Å². The van der Waals surface area contributed by atoms with Gasteiger partial charge in [-0.15, -0.1) is 0 Å². The van der Waals surface area contributed by atoms with E-state index in [1.165, 1.54) is 16.3 Å². The third-order valence-corrected chi connectivity index (χ3v) is 5.06. The molecular formula is C27H25N3O2. The molecule has 0 spiro atoms. The number of anilines is 1. The van der Waals surface area contributed by atoms with Crippen molar-refractivity contribution in [1.82, 2.24) is 5.43 Å². The Morgan fingerprint density at radius 2 is 1.66 bits per heavy atom. The lowest BCUT2D eigenvalue weighted by molar-refractivity contribution is -0.119. The van der Waals surface area contributed by atoms with E-state index in [4.69, 9.17) is 4.74 Å². The van der Waals surface area contributed by atoms with E-state index in [1.54, 1.807) is 6.21 Å². The van der Waals surface area contributed by atoms with Crippen LogP contribution in [0.5, 0.6) is 5.75 Å². The van der Waals surface area contributed by atoms with Crippen molar-refractivity contribution in [2.45, 2.75) is 13.5 Å². The lowest BCUT2D eigenvalue weighted by Crippen LogP contribution is -2.25. The summed E-state index contributed by atoms with van der Waals surface area (Å²) in [4.78, 5) is 11.9. The van der Waals surface area contributed by atoms with Gasteiger partial charge in [-0.3, -0.25) is 4.79 Å². The molecule has 5 heteroatoms. The van der Waals surface area contributed by atoms with Crippen molar-refractivity contribution < 1.29 is 9.53 Å². The van der Waals surface area contributed by atoms with Crippen LogP contribution in [0.4, 0.5) is 5.69 Å². The fraction of sp³-hybridized carbons (Fsp3) is 0.111. The van der Waals surface area contributed by atoms with Crippen molar-refractivity contribution in [2.75, 3.05) is 11.9 Å². The highest BCUT2D eigenvalue weighted by molar-refractivity contribution is 5.86. The number of amides is 1. The van der Waals surface area contributed by atoms with Crippen molar-refractivity contribution in [3.05, 3.63) is 108 Å². The largest absolute Gasteiger partial charge is 0.489 e. The van der Waals surface area contributed by atoms with E-state index >= 15 is 0 Å². The van der Waals surface area contributed by atoms with Gasteiger partial charge in [-0.2, -0.15) is 5.10 Å². The van der Waals surface area contributed by atoms with Crippen molar-refractivity contribution in [2.24, 2.45) is 5.10 Å². The number of hydrazone groups is 1. The zero-order valence-electron chi connectivity index (χ0n) is 17.9. The van der Waals surface area contributed by atoms with Crippen LogP contribution in [0, 0.1) is 6.92 Å². The number of carbonyl (C=O) groups excluding carboxylic acids is 1. The zero-order chi connectivity index (χ0) is 22.2. The predicted octanol–water partition coefficient (Wildman–Crippen LogP) is 5.29. The molecule has 160 valence electrons. The Morgan fingerprint density at radius 1 is 0.906 bits per heavy atom. The Morgan fingerprint density at radius 3 is 2.47 bits per heavy atom. The third-order valence-electron chi connectivity index (χ3n) is 5.06. The monoisotopic (exact) mass is 423 g/mol. The molecular weight excluding hydrogens is 398 g/mol. The van der Waals surface area contributed by atoms with Crippen LogP contribution in [0.3, 0.4) is 0 Å². The van der Waals surface area contributed by atoms with E-state index in [2.05, 4.69) is 40.1 Å². The first-order valence-corrected chi connectivity index (χ1v) is 10.5. The molecule has 4 aromatic carbocycles. The van der Waals surface area contributed by atoms with Gasteiger partial charge in [0.1, 0.15) is 12.4 Å². The van der Waals surface area contributed by atoms with E-state index in [-0.39, 0.29) is 12.5 Å². The molecule has 0 aliphatic rings. The normalized spacial score (nSPS) is 10.9. The van der Waals surface area contributed by atoms with Gasteiger partial charge in [0.15, 0.2) is 0 Å². The number of nitrogens with zero attached hydrogens (tertiary/aromatic N) is 1. The molecule has 1 amide bonds. The fourth-order valence-electron chi connectivity index (χ4n) is 3.30. The Hall–Kier alpha value is -4.12. The molecule has 0 atom stereocenters. The Bertz CT molecular complexity index is 1210. The lowest BCUT2D eigenvalue weighted by Gasteiger charge is -2.09. The number of aryl methyl sites for hydroxylation is 1. The molecule has 0 aliphatic carbocycles. The summed E-state index contributed by atoms with van der Waals surface area (Å²) in [6.45, 7) is 2.68. The van der Waals surface area contributed by atoms with Gasteiger partial charge in [0.25, 0.3) is 5.91 Å². The molecule has 0 aromatic heterocycles. The average Bonchev–Trinajstić information content (AvgIpc) is 2.83. The van der Waals surface area contributed by atoms with Crippen LogP contribution in [0.25, 0.3) is 10.8 Å². The molecule has 2 N–H and O–H groups in total. The average molecular weight is 424 g/mol. The highest BCUT2D eigenvalue weighted by Gasteiger charge is 2.02. The first kappa shape index (κ1) is 21.1. The van der Waals surface area contributed by atoms with Crippen LogP contribution < -0.4 is 15.5 Å². The summed E-state index contributed by atoms with van der Waals surface area (Å²) in [6, 6.07) is 30.0. The zero-order valence-corrected chi connectivity index (χ0v) is 17.9. The van der Waals surface area contributed by atoms with Crippen LogP contribution in [0.1, 0.15) is 16.7 Å². The third kappa shape index (κ3) is 5.73. The molecule has 5 nitrogen and oxygen atoms in total. The number of carbonyl (C=O) groups is 1. The van der Waals surface area contributed by atoms with Gasteiger partial charge in [0.05, 0.1) is 12.8 Å². The molecule has 0 fully saturated rings. The van der Waals surface area contributed by atoms with Crippen LogP contribution in [-0.4, -0.2) is 18.7 Å². The molecule has 4 aromatic rings. The summed E-state index contributed by atoms with van der Waals surface area (Å²) in [5.41, 5.74) is 6.62. The highest BCUT2D eigenvalue weighted by Crippen LogP contribution is 2.21. The summed E-state index contributed by atoms with van der Waals surface area (Å²) >= 11 is 0. The summed E-state index contributed by atoms with van der Waals surface area (Å²) in [6.07, 6.45) is 1.61. The fourth-order valence-corrected chi connectivity index (χ4v) is 3.30. The minimum atomic E-state index is -0.211. The number of hydrogen-bond acceptors (Lipinski definition) is 4. The predicted molar refractivity (Wildman–Crippen MR) is 130 cm³/mol. The molecule has 0 saturated carbocycles. The summed E-state index contributed by atoms with van der Waals surface area (Å²) < 4.78 is 5.96. The molecule has 0 bridgehead atoms. The molecule has 0 aliphatic heterocycles. The van der Waals surface area contributed by atoms with E-state index in [0.717, 1.165) is 22.6 Å². The van der Waals surface area contributed by atoms with Crippen molar-refractivity contribution in [1.29, 1.82) is 0 Å². The van der Waals surface area contributed by atoms with Gasteiger partial charge >= 0.3 is 0 Å². The maximum absolute atomic E-state index is 11.9. The smallest absolute Gasteiger partial charge is 0.259 e. The second-order valence-corrected chi connectivity index (χ2v) is 7.51. The molecule has 32 heavy (non-hydrogen) atoms. The Labute approximate surface area is 187 Å². The maximum Gasteiger partial charge on any atom is 0.259 e. The van der Waals surface area contributed by atoms with Gasteiger partial charge < -0.3 is 10.1 Å². The number of fused-ring (bicyclic) bond motifs is 1. The van der Waals surface area contributed by atoms with Gasteiger partial charge in [-0.05, 0) is 65.2 Å². The second kappa shape index (κ2) is 10.3. The summed E-state index contributed by atoms with van der Waals surface area (Å²) in [5.74, 6) is 0.568. The van der Waals surface area contributed by atoms with Crippen LogP contribution in [0.15, 0.2) is 96.1 Å². The van der Waals surface area contributed by atoms with Gasteiger partial charge in [0, 0.05) is 5.69 Å². The summed E-state index contributed by atoms with van der Waals surface area (Å²) in [5, 5.41) is 9.49. The van der Waals surface area contributed by atoms with Gasteiger partial charge in [-0.25, -0.2) is 5.43 Å². The number of rotatable bonds is 8. The standard InChI is InChI=1S/C27H25N3O2/c1-20-9-13-24(14-10-20)28-18-27(31)30-29-17-21-11-15-25(16-12-21)32-19-23-7-4-6-22-5-2-3-8-26(22)23/h2-17,28H,18-19H2,1H3,(H,30,31)/b29-17-.